The molecular weight excluding hydrogens is 357 g/mol. The highest BCUT2D eigenvalue weighted by Crippen LogP contribution is 2.25. The Labute approximate surface area is 166 Å². The minimum absolute atomic E-state index is 0.101. The number of rotatable bonds is 3. The number of hydrogen-bond donors (Lipinski definition) is 1. The van der Waals surface area contributed by atoms with Crippen LogP contribution >= 0.6 is 0 Å². The van der Waals surface area contributed by atoms with Gasteiger partial charge >= 0.3 is 6.09 Å². The van der Waals surface area contributed by atoms with E-state index >= 15 is 0 Å². The predicted octanol–water partition coefficient (Wildman–Crippen LogP) is 3.98. The zero-order chi connectivity index (χ0) is 20.6. The summed E-state index contributed by atoms with van der Waals surface area (Å²) in [6.07, 6.45) is 3.42. The van der Waals surface area contributed by atoms with E-state index in [0.29, 0.717) is 37.9 Å². The molecule has 1 aromatic carbocycles. The average Bonchev–Trinajstić information content (AvgIpc) is 2.64. The third kappa shape index (κ3) is 6.76. The van der Waals surface area contributed by atoms with Crippen molar-refractivity contribution < 1.29 is 19.0 Å². The van der Waals surface area contributed by atoms with Gasteiger partial charge in [-0.3, -0.25) is 0 Å². The third-order valence-electron chi connectivity index (χ3n) is 4.01. The maximum Gasteiger partial charge on any atom is 0.410 e. The largest absolute Gasteiger partial charge is 0.444 e. The van der Waals surface area contributed by atoms with E-state index in [4.69, 9.17) is 9.84 Å². The number of nitrogens with zero attached hydrogens (tertiary/aromatic N) is 1. The lowest BCUT2D eigenvalue weighted by molar-refractivity contribution is 0.0270. The van der Waals surface area contributed by atoms with E-state index in [9.17, 15) is 9.18 Å². The van der Waals surface area contributed by atoms with Crippen LogP contribution in [0, 0.1) is 29.5 Å². The normalized spacial score (nSPS) is 13.6. The van der Waals surface area contributed by atoms with Gasteiger partial charge in [0.1, 0.15) is 11.4 Å². The summed E-state index contributed by atoms with van der Waals surface area (Å²) in [5.41, 5.74) is 1.57. The summed E-state index contributed by atoms with van der Waals surface area (Å²) < 4.78 is 19.7. The van der Waals surface area contributed by atoms with Gasteiger partial charge in [0.15, 0.2) is 0 Å². The zero-order valence-corrected chi connectivity index (χ0v) is 16.6. The standard InChI is InChI=1S/C23H26FNO3/c1-23(2,3)28-22(27)25-14-12-18(13-15-25)20-11-10-19(21(24)17-20)9-7-5-4-6-8-16-26/h10-12,17,26H,6,8,13-16H2,1-3H3. The number of amides is 1. The van der Waals surface area contributed by atoms with Crippen molar-refractivity contribution in [3.63, 3.8) is 0 Å². The lowest BCUT2D eigenvalue weighted by Crippen LogP contribution is -2.39. The van der Waals surface area contributed by atoms with Gasteiger partial charge in [-0.1, -0.05) is 18.1 Å². The van der Waals surface area contributed by atoms with E-state index in [1.165, 1.54) is 6.07 Å². The van der Waals surface area contributed by atoms with Crippen molar-refractivity contribution >= 4 is 11.7 Å². The molecule has 0 aliphatic carbocycles. The Hall–Kier alpha value is -2.76. The van der Waals surface area contributed by atoms with Crippen LogP contribution in [0.5, 0.6) is 0 Å². The fraction of sp³-hybridized carbons (Fsp3) is 0.435. The molecule has 0 spiro atoms. The van der Waals surface area contributed by atoms with Gasteiger partial charge in [-0.15, -0.1) is 0 Å². The monoisotopic (exact) mass is 383 g/mol. The van der Waals surface area contributed by atoms with Gasteiger partial charge in [0.2, 0.25) is 0 Å². The maximum atomic E-state index is 14.3. The van der Waals surface area contributed by atoms with E-state index in [1.54, 1.807) is 11.0 Å². The number of aliphatic hydroxyl groups excluding tert-OH is 1. The highest BCUT2D eigenvalue weighted by Gasteiger charge is 2.24. The number of carbonyl (C=O) groups is 1. The Kier molecular flexibility index (Phi) is 7.67. The van der Waals surface area contributed by atoms with Crippen molar-refractivity contribution in [1.29, 1.82) is 0 Å². The topological polar surface area (TPSA) is 49.8 Å². The Bertz CT molecular complexity index is 860. The molecule has 1 amide bonds. The minimum Gasteiger partial charge on any atom is -0.444 e. The molecule has 148 valence electrons. The van der Waals surface area contributed by atoms with Gasteiger partial charge < -0.3 is 14.7 Å². The molecule has 2 rings (SSSR count). The molecule has 5 heteroatoms. The summed E-state index contributed by atoms with van der Waals surface area (Å²) >= 11 is 0. The number of benzene rings is 1. The highest BCUT2D eigenvalue weighted by atomic mass is 19.1. The van der Waals surface area contributed by atoms with Crippen LogP contribution in [0.25, 0.3) is 5.57 Å². The predicted molar refractivity (Wildman–Crippen MR) is 108 cm³/mol. The van der Waals surface area contributed by atoms with Crippen LogP contribution < -0.4 is 0 Å². The van der Waals surface area contributed by atoms with Crippen molar-refractivity contribution in [3.05, 3.63) is 41.2 Å². The molecule has 0 fully saturated rings. The van der Waals surface area contributed by atoms with Gasteiger partial charge in [-0.05, 0) is 74.6 Å². The highest BCUT2D eigenvalue weighted by molar-refractivity contribution is 5.73. The van der Waals surface area contributed by atoms with Crippen LogP contribution in [0.3, 0.4) is 0 Å². The van der Waals surface area contributed by atoms with Crippen molar-refractivity contribution in [2.75, 3.05) is 19.7 Å². The maximum absolute atomic E-state index is 14.3. The van der Waals surface area contributed by atoms with E-state index in [2.05, 4.69) is 23.7 Å². The number of carbonyl (C=O) groups excluding carboxylic acids is 1. The quantitative estimate of drug-likeness (QED) is 0.635. The fourth-order valence-electron chi connectivity index (χ4n) is 2.61. The molecule has 0 unspecified atom stereocenters. The van der Waals surface area contributed by atoms with Crippen molar-refractivity contribution in [3.8, 4) is 23.7 Å². The van der Waals surface area contributed by atoms with E-state index in [0.717, 1.165) is 11.1 Å². The molecule has 0 saturated heterocycles. The summed E-state index contributed by atoms with van der Waals surface area (Å²) in [7, 11) is 0. The Morgan fingerprint density at radius 1 is 1.32 bits per heavy atom. The number of aliphatic hydroxyl groups is 1. The van der Waals surface area contributed by atoms with Crippen molar-refractivity contribution in [2.24, 2.45) is 0 Å². The lowest BCUT2D eigenvalue weighted by Gasteiger charge is -2.29. The molecule has 1 aliphatic rings. The van der Waals surface area contributed by atoms with Crippen molar-refractivity contribution in [1.82, 2.24) is 4.90 Å². The van der Waals surface area contributed by atoms with Crippen LogP contribution in [0.4, 0.5) is 9.18 Å². The molecule has 1 heterocycles. The van der Waals surface area contributed by atoms with Gasteiger partial charge in [-0.25, -0.2) is 9.18 Å². The molecule has 4 nitrogen and oxygen atoms in total. The SMILES string of the molecule is CC(C)(C)OC(=O)N1CC=C(c2ccc(C#CC#CCCCO)c(F)c2)CC1. The van der Waals surface area contributed by atoms with E-state index < -0.39 is 11.4 Å². The van der Waals surface area contributed by atoms with Gasteiger partial charge in [0.25, 0.3) is 0 Å². The van der Waals surface area contributed by atoms with Gasteiger partial charge in [0.05, 0.1) is 5.56 Å². The zero-order valence-electron chi connectivity index (χ0n) is 16.6. The Balaban J connectivity index is 2.01. The molecule has 0 radical (unpaired) electrons. The first-order valence-electron chi connectivity index (χ1n) is 9.37. The fourth-order valence-corrected chi connectivity index (χ4v) is 2.61. The molecule has 1 aromatic rings. The summed E-state index contributed by atoms with van der Waals surface area (Å²) in [5.74, 6) is 10.4. The first-order chi connectivity index (χ1) is 13.3. The second kappa shape index (κ2) is 9.97. The van der Waals surface area contributed by atoms with Crippen molar-refractivity contribution in [2.45, 2.75) is 45.6 Å². The molecule has 0 bridgehead atoms. The first-order valence-corrected chi connectivity index (χ1v) is 9.37. The molecule has 0 saturated carbocycles. The smallest absolute Gasteiger partial charge is 0.410 e. The molecule has 1 aliphatic heterocycles. The Morgan fingerprint density at radius 2 is 2.11 bits per heavy atom. The Morgan fingerprint density at radius 3 is 2.71 bits per heavy atom. The number of unbranched alkanes of at least 4 members (excludes halogenated alkanes) is 1. The van der Waals surface area contributed by atoms with Crippen LogP contribution in [0.15, 0.2) is 24.3 Å². The lowest BCUT2D eigenvalue weighted by atomic mass is 9.98. The van der Waals surface area contributed by atoms with Gasteiger partial charge in [-0.2, -0.15) is 0 Å². The number of ether oxygens (including phenoxy) is 1. The van der Waals surface area contributed by atoms with E-state index in [1.807, 2.05) is 32.9 Å². The second-order valence-electron chi connectivity index (χ2n) is 7.48. The summed E-state index contributed by atoms with van der Waals surface area (Å²) in [4.78, 5) is 13.8. The van der Waals surface area contributed by atoms with Crippen LogP contribution in [-0.2, 0) is 4.74 Å². The van der Waals surface area contributed by atoms with Crippen LogP contribution in [-0.4, -0.2) is 41.4 Å². The van der Waals surface area contributed by atoms with Crippen LogP contribution in [0.1, 0.15) is 51.2 Å². The van der Waals surface area contributed by atoms with Gasteiger partial charge in [0, 0.05) is 26.1 Å². The molecule has 0 atom stereocenters. The second-order valence-corrected chi connectivity index (χ2v) is 7.48. The molecule has 1 N–H and O–H groups in total. The minimum atomic E-state index is -0.524. The third-order valence-corrected chi connectivity index (χ3v) is 4.01. The average molecular weight is 383 g/mol. The summed E-state index contributed by atoms with van der Waals surface area (Å²) in [5, 5.41) is 8.67. The molecule has 28 heavy (non-hydrogen) atoms. The summed E-state index contributed by atoms with van der Waals surface area (Å²) in [6, 6.07) is 4.95. The van der Waals surface area contributed by atoms with E-state index in [-0.39, 0.29) is 12.7 Å². The number of hydrogen-bond acceptors (Lipinski definition) is 3. The molecule has 0 aromatic heterocycles. The first kappa shape index (κ1) is 21.5. The summed E-state index contributed by atoms with van der Waals surface area (Å²) in [6.45, 7) is 6.59. The van der Waals surface area contributed by atoms with Crippen LogP contribution in [0.2, 0.25) is 0 Å². The number of halogens is 1. The molecular formula is C23H26FNO3.